The van der Waals surface area contributed by atoms with Crippen LogP contribution in [0.15, 0.2) is 18.2 Å². The zero-order valence-electron chi connectivity index (χ0n) is 10.8. The molecule has 1 fully saturated rings. The van der Waals surface area contributed by atoms with Crippen molar-refractivity contribution in [2.45, 2.75) is 44.4 Å². The van der Waals surface area contributed by atoms with E-state index in [2.05, 4.69) is 0 Å². The van der Waals surface area contributed by atoms with Crippen LogP contribution in [0.4, 0.5) is 0 Å². The number of carbonyl (C=O) groups is 1. The van der Waals surface area contributed by atoms with Gasteiger partial charge in [0.05, 0.1) is 12.7 Å². The van der Waals surface area contributed by atoms with E-state index in [1.54, 1.807) is 18.2 Å². The van der Waals surface area contributed by atoms with Gasteiger partial charge >= 0.3 is 0 Å². The predicted molar refractivity (Wildman–Crippen MR) is 75.0 cm³/mol. The summed E-state index contributed by atoms with van der Waals surface area (Å²) in [6.45, 7) is 0.440. The van der Waals surface area contributed by atoms with Gasteiger partial charge in [-0.2, -0.15) is 0 Å². The summed E-state index contributed by atoms with van der Waals surface area (Å²) in [5.41, 5.74) is 12.4. The summed E-state index contributed by atoms with van der Waals surface area (Å²) in [7, 11) is 0. The number of hydrogen-bond acceptors (Lipinski definition) is 3. The Morgan fingerprint density at radius 2 is 2.21 bits per heavy atom. The number of halogens is 1. The highest BCUT2D eigenvalue weighted by Gasteiger charge is 2.20. The molecular formula is C14H19ClN2O2. The first-order valence-corrected chi connectivity index (χ1v) is 6.89. The lowest BCUT2D eigenvalue weighted by Gasteiger charge is -2.26. The van der Waals surface area contributed by atoms with Crippen molar-refractivity contribution in [1.29, 1.82) is 0 Å². The van der Waals surface area contributed by atoms with Gasteiger partial charge < -0.3 is 16.2 Å². The largest absolute Gasteiger partial charge is 0.373 e. The first-order chi connectivity index (χ1) is 9.06. The minimum atomic E-state index is -0.479. The van der Waals surface area contributed by atoms with Crippen molar-refractivity contribution in [3.05, 3.63) is 34.3 Å². The van der Waals surface area contributed by atoms with Crippen molar-refractivity contribution >= 4 is 17.5 Å². The Hall–Kier alpha value is -1.10. The topological polar surface area (TPSA) is 78.3 Å². The van der Waals surface area contributed by atoms with Crippen LogP contribution >= 0.6 is 11.6 Å². The molecule has 0 spiro atoms. The lowest BCUT2D eigenvalue weighted by molar-refractivity contribution is 0.0123. The normalized spacial score (nSPS) is 23.3. The molecule has 0 saturated heterocycles. The Morgan fingerprint density at radius 1 is 1.42 bits per heavy atom. The Labute approximate surface area is 118 Å². The number of rotatable bonds is 4. The van der Waals surface area contributed by atoms with E-state index in [0.717, 1.165) is 31.2 Å². The highest BCUT2D eigenvalue weighted by Crippen LogP contribution is 2.23. The van der Waals surface area contributed by atoms with Gasteiger partial charge in [-0.3, -0.25) is 4.79 Å². The summed E-state index contributed by atoms with van der Waals surface area (Å²) < 4.78 is 5.84. The van der Waals surface area contributed by atoms with Crippen LogP contribution in [0.1, 0.15) is 41.6 Å². The van der Waals surface area contributed by atoms with E-state index in [-0.39, 0.29) is 12.1 Å². The van der Waals surface area contributed by atoms with Crippen molar-refractivity contribution in [2.24, 2.45) is 11.5 Å². The highest BCUT2D eigenvalue weighted by atomic mass is 35.5. The fraction of sp³-hybridized carbons (Fsp3) is 0.500. The molecule has 2 rings (SSSR count). The fourth-order valence-corrected chi connectivity index (χ4v) is 2.59. The Morgan fingerprint density at radius 3 is 2.84 bits per heavy atom. The van der Waals surface area contributed by atoms with Crippen LogP contribution in [0.3, 0.4) is 0 Å². The number of carbonyl (C=O) groups excluding carboxylic acids is 1. The number of benzene rings is 1. The number of amides is 1. The molecule has 1 amide bonds. The summed E-state index contributed by atoms with van der Waals surface area (Å²) in [5.74, 6) is -0.479. The lowest BCUT2D eigenvalue weighted by Crippen LogP contribution is -2.32. The first-order valence-electron chi connectivity index (χ1n) is 6.51. The number of nitrogens with two attached hydrogens (primary N) is 2. The van der Waals surface area contributed by atoms with Crippen molar-refractivity contribution in [1.82, 2.24) is 0 Å². The van der Waals surface area contributed by atoms with Crippen LogP contribution < -0.4 is 11.5 Å². The van der Waals surface area contributed by atoms with Crippen LogP contribution in [0.5, 0.6) is 0 Å². The van der Waals surface area contributed by atoms with Crippen molar-refractivity contribution in [2.75, 3.05) is 0 Å². The minimum absolute atomic E-state index is 0.204. The Bertz CT molecular complexity index is 465. The van der Waals surface area contributed by atoms with E-state index in [1.807, 2.05) is 0 Å². The molecule has 1 saturated carbocycles. The molecule has 104 valence electrons. The predicted octanol–water partition coefficient (Wildman–Crippen LogP) is 2.23. The molecule has 0 radical (unpaired) electrons. The van der Waals surface area contributed by atoms with Gasteiger partial charge in [0.15, 0.2) is 0 Å². The molecule has 1 aromatic rings. The Balaban J connectivity index is 1.94. The Kier molecular flexibility index (Phi) is 4.80. The number of primary amides is 1. The molecule has 19 heavy (non-hydrogen) atoms. The van der Waals surface area contributed by atoms with Gasteiger partial charge in [-0.05, 0) is 43.4 Å². The molecule has 1 aliphatic rings. The smallest absolute Gasteiger partial charge is 0.248 e. The maximum atomic E-state index is 11.0. The van der Waals surface area contributed by atoms with Crippen molar-refractivity contribution in [3.63, 3.8) is 0 Å². The SMILES string of the molecule is NC(=O)c1ccc(COC2CCCC(N)C2)c(Cl)c1. The molecule has 0 bridgehead atoms. The molecule has 0 aromatic heterocycles. The summed E-state index contributed by atoms with van der Waals surface area (Å²) in [4.78, 5) is 11.0. The van der Waals surface area contributed by atoms with Crippen LogP contribution in [0.2, 0.25) is 5.02 Å². The van der Waals surface area contributed by atoms with Crippen LogP contribution in [-0.4, -0.2) is 18.1 Å². The van der Waals surface area contributed by atoms with E-state index in [1.165, 1.54) is 0 Å². The molecule has 2 unspecified atom stereocenters. The fourth-order valence-electron chi connectivity index (χ4n) is 2.36. The molecule has 1 aromatic carbocycles. The average molecular weight is 283 g/mol. The van der Waals surface area contributed by atoms with Gasteiger partial charge in [0.2, 0.25) is 5.91 Å². The molecule has 4 nitrogen and oxygen atoms in total. The van der Waals surface area contributed by atoms with Gasteiger partial charge in [-0.15, -0.1) is 0 Å². The first kappa shape index (κ1) is 14.3. The molecule has 2 atom stereocenters. The van der Waals surface area contributed by atoms with E-state index in [4.69, 9.17) is 27.8 Å². The molecule has 4 N–H and O–H groups in total. The van der Waals surface area contributed by atoms with Gasteiger partial charge in [0.25, 0.3) is 0 Å². The molecule has 0 aliphatic heterocycles. The van der Waals surface area contributed by atoms with Crippen LogP contribution in [0, 0.1) is 0 Å². The summed E-state index contributed by atoms with van der Waals surface area (Å²) in [5, 5.41) is 0.511. The van der Waals surface area contributed by atoms with Gasteiger partial charge in [-0.25, -0.2) is 0 Å². The second-order valence-corrected chi connectivity index (χ2v) is 5.44. The monoisotopic (exact) mass is 282 g/mol. The zero-order valence-corrected chi connectivity index (χ0v) is 11.5. The standard InChI is InChI=1S/C14H19ClN2O2/c15-13-6-9(14(17)18)4-5-10(13)8-19-12-3-1-2-11(16)7-12/h4-6,11-12H,1-3,7-8,16H2,(H2,17,18). The molecule has 0 heterocycles. The maximum Gasteiger partial charge on any atom is 0.248 e. The summed E-state index contributed by atoms with van der Waals surface area (Å²) in [6, 6.07) is 5.27. The van der Waals surface area contributed by atoms with Gasteiger partial charge in [0.1, 0.15) is 0 Å². The van der Waals surface area contributed by atoms with Crippen LogP contribution in [0.25, 0.3) is 0 Å². The highest BCUT2D eigenvalue weighted by molar-refractivity contribution is 6.31. The third-order valence-corrected chi connectivity index (χ3v) is 3.83. The van der Waals surface area contributed by atoms with Crippen molar-refractivity contribution < 1.29 is 9.53 Å². The quantitative estimate of drug-likeness (QED) is 0.889. The van der Waals surface area contributed by atoms with E-state index in [0.29, 0.717) is 17.2 Å². The second kappa shape index (κ2) is 6.37. The van der Waals surface area contributed by atoms with E-state index in [9.17, 15) is 4.79 Å². The third kappa shape index (κ3) is 3.93. The van der Waals surface area contributed by atoms with Crippen molar-refractivity contribution in [3.8, 4) is 0 Å². The van der Waals surface area contributed by atoms with E-state index >= 15 is 0 Å². The average Bonchev–Trinajstić information content (AvgIpc) is 2.37. The van der Waals surface area contributed by atoms with Crippen LogP contribution in [-0.2, 0) is 11.3 Å². The summed E-state index contributed by atoms with van der Waals surface area (Å²) in [6.07, 6.45) is 4.34. The van der Waals surface area contributed by atoms with Gasteiger partial charge in [-0.1, -0.05) is 17.7 Å². The summed E-state index contributed by atoms with van der Waals surface area (Å²) >= 11 is 6.11. The third-order valence-electron chi connectivity index (χ3n) is 3.48. The van der Waals surface area contributed by atoms with E-state index < -0.39 is 5.91 Å². The molecule has 5 heteroatoms. The lowest BCUT2D eigenvalue weighted by atomic mass is 9.93. The van der Waals surface area contributed by atoms with Gasteiger partial charge in [0, 0.05) is 16.6 Å². The minimum Gasteiger partial charge on any atom is -0.373 e. The second-order valence-electron chi connectivity index (χ2n) is 5.03. The molecular weight excluding hydrogens is 264 g/mol. The molecule has 1 aliphatic carbocycles. The number of hydrogen-bond donors (Lipinski definition) is 2. The zero-order chi connectivity index (χ0) is 13.8. The number of ether oxygens (including phenoxy) is 1. The maximum absolute atomic E-state index is 11.0.